The molecule has 0 saturated carbocycles. The van der Waals surface area contributed by atoms with Gasteiger partial charge in [-0.15, -0.1) is 0 Å². The van der Waals surface area contributed by atoms with Crippen molar-refractivity contribution in [1.29, 1.82) is 0 Å². The number of aryl methyl sites for hydroxylation is 2. The number of phenols is 1. The summed E-state index contributed by atoms with van der Waals surface area (Å²) in [5.74, 6) is -0.459. The molecule has 0 aliphatic rings. The van der Waals surface area contributed by atoms with E-state index >= 15 is 0 Å². The molecule has 1 N–H and O–H groups in total. The first-order valence-electron chi connectivity index (χ1n) is 4.51. The number of carbonyl (C=O) groups excluding carboxylic acids is 1. The van der Waals surface area contributed by atoms with Crippen molar-refractivity contribution in [3.05, 3.63) is 28.8 Å². The van der Waals surface area contributed by atoms with E-state index in [-0.39, 0.29) is 11.3 Å². The van der Waals surface area contributed by atoms with Crippen LogP contribution in [0.15, 0.2) is 12.1 Å². The van der Waals surface area contributed by atoms with Crippen LogP contribution >= 0.6 is 0 Å². The van der Waals surface area contributed by atoms with E-state index in [0.717, 1.165) is 5.56 Å². The molecule has 0 fully saturated rings. The summed E-state index contributed by atoms with van der Waals surface area (Å²) in [7, 11) is 1.31. The second-order valence-electron chi connectivity index (χ2n) is 3.11. The lowest BCUT2D eigenvalue weighted by atomic mass is 10.0. The first kappa shape index (κ1) is 10.6. The van der Waals surface area contributed by atoms with E-state index in [2.05, 4.69) is 4.74 Å². The van der Waals surface area contributed by atoms with Crippen molar-refractivity contribution < 1.29 is 14.6 Å². The summed E-state index contributed by atoms with van der Waals surface area (Å²) >= 11 is 0. The molecular formula is C11H14O3. The first-order valence-corrected chi connectivity index (χ1v) is 4.51. The Morgan fingerprint density at radius 1 is 1.50 bits per heavy atom. The Morgan fingerprint density at radius 2 is 2.14 bits per heavy atom. The van der Waals surface area contributed by atoms with E-state index in [1.54, 1.807) is 13.0 Å². The number of esters is 1. The van der Waals surface area contributed by atoms with Crippen LogP contribution in [0.3, 0.4) is 0 Å². The highest BCUT2D eigenvalue weighted by atomic mass is 16.5. The monoisotopic (exact) mass is 194 g/mol. The molecule has 0 atom stereocenters. The van der Waals surface area contributed by atoms with Gasteiger partial charge in [-0.1, -0.05) is 19.1 Å². The third kappa shape index (κ3) is 1.71. The minimum atomic E-state index is -0.483. The molecule has 0 unspecified atom stereocenters. The Morgan fingerprint density at radius 3 is 2.64 bits per heavy atom. The van der Waals surface area contributed by atoms with Crippen molar-refractivity contribution >= 4 is 5.97 Å². The van der Waals surface area contributed by atoms with Crippen molar-refractivity contribution in [1.82, 2.24) is 0 Å². The Bertz CT molecular complexity index is 356. The Labute approximate surface area is 83.3 Å². The fourth-order valence-corrected chi connectivity index (χ4v) is 1.36. The summed E-state index contributed by atoms with van der Waals surface area (Å²) in [6.45, 7) is 3.68. The maximum atomic E-state index is 11.4. The van der Waals surface area contributed by atoms with Gasteiger partial charge in [0.25, 0.3) is 0 Å². The van der Waals surface area contributed by atoms with E-state index in [1.807, 2.05) is 13.0 Å². The van der Waals surface area contributed by atoms with Crippen LogP contribution in [0.25, 0.3) is 0 Å². The molecule has 1 aromatic rings. The Hall–Kier alpha value is -1.51. The largest absolute Gasteiger partial charge is 0.507 e. The van der Waals surface area contributed by atoms with Gasteiger partial charge in [0.15, 0.2) is 0 Å². The molecular weight excluding hydrogens is 180 g/mol. The van der Waals surface area contributed by atoms with Crippen molar-refractivity contribution in [2.24, 2.45) is 0 Å². The lowest BCUT2D eigenvalue weighted by Crippen LogP contribution is -2.06. The molecule has 0 saturated heterocycles. The second kappa shape index (κ2) is 4.13. The molecule has 0 spiro atoms. The molecule has 0 heterocycles. The van der Waals surface area contributed by atoms with Crippen LogP contribution in [0.5, 0.6) is 5.75 Å². The van der Waals surface area contributed by atoms with Gasteiger partial charge < -0.3 is 9.84 Å². The molecule has 0 aromatic heterocycles. The topological polar surface area (TPSA) is 46.5 Å². The minimum absolute atomic E-state index is 0.0243. The fraction of sp³-hybridized carbons (Fsp3) is 0.364. The summed E-state index contributed by atoms with van der Waals surface area (Å²) in [5.41, 5.74) is 1.78. The van der Waals surface area contributed by atoms with Crippen molar-refractivity contribution in [2.75, 3.05) is 7.11 Å². The number of methoxy groups -OCH3 is 1. The molecule has 1 rings (SSSR count). The van der Waals surface area contributed by atoms with Crippen molar-refractivity contribution in [3.63, 3.8) is 0 Å². The summed E-state index contributed by atoms with van der Waals surface area (Å²) in [6, 6.07) is 3.63. The smallest absolute Gasteiger partial charge is 0.341 e. The van der Waals surface area contributed by atoms with Crippen LogP contribution in [-0.2, 0) is 11.2 Å². The fourth-order valence-electron chi connectivity index (χ4n) is 1.36. The van der Waals surface area contributed by atoms with Crippen LogP contribution in [0.4, 0.5) is 0 Å². The molecule has 0 aliphatic heterocycles. The van der Waals surface area contributed by atoms with E-state index in [1.165, 1.54) is 7.11 Å². The van der Waals surface area contributed by atoms with Gasteiger partial charge in [-0.25, -0.2) is 4.79 Å². The average molecular weight is 194 g/mol. The zero-order chi connectivity index (χ0) is 10.7. The molecule has 1 aromatic carbocycles. The highest BCUT2D eigenvalue weighted by Gasteiger charge is 2.17. The molecule has 0 aliphatic carbocycles. The zero-order valence-corrected chi connectivity index (χ0v) is 8.63. The molecule has 3 heteroatoms. The predicted molar refractivity (Wildman–Crippen MR) is 53.6 cm³/mol. The summed E-state index contributed by atoms with van der Waals surface area (Å²) < 4.78 is 4.62. The SMILES string of the molecule is CCc1ccc(C)c(O)c1C(=O)OC. The number of aromatic hydroxyl groups is 1. The summed E-state index contributed by atoms with van der Waals surface area (Å²) in [5, 5.41) is 9.71. The standard InChI is InChI=1S/C11H14O3/c1-4-8-6-5-7(2)10(12)9(8)11(13)14-3/h5-6,12H,4H2,1-3H3. The Kier molecular flexibility index (Phi) is 3.12. The number of carbonyl (C=O) groups is 1. The van der Waals surface area contributed by atoms with Gasteiger partial charge in [-0.3, -0.25) is 0 Å². The van der Waals surface area contributed by atoms with E-state index in [9.17, 15) is 9.90 Å². The van der Waals surface area contributed by atoms with Gasteiger partial charge in [0.05, 0.1) is 7.11 Å². The quantitative estimate of drug-likeness (QED) is 0.733. The van der Waals surface area contributed by atoms with Crippen LogP contribution < -0.4 is 0 Å². The predicted octanol–water partition coefficient (Wildman–Crippen LogP) is 2.05. The van der Waals surface area contributed by atoms with E-state index in [0.29, 0.717) is 12.0 Å². The van der Waals surface area contributed by atoms with Gasteiger partial charge in [-0.05, 0) is 24.5 Å². The maximum Gasteiger partial charge on any atom is 0.341 e. The first-order chi connectivity index (χ1) is 6.61. The zero-order valence-electron chi connectivity index (χ0n) is 8.63. The van der Waals surface area contributed by atoms with Crippen LogP contribution in [-0.4, -0.2) is 18.2 Å². The number of hydrogen-bond acceptors (Lipinski definition) is 3. The number of benzene rings is 1. The van der Waals surface area contributed by atoms with Crippen LogP contribution in [0, 0.1) is 6.92 Å². The Balaban J connectivity index is 3.35. The molecule has 0 bridgehead atoms. The van der Waals surface area contributed by atoms with Crippen LogP contribution in [0.2, 0.25) is 0 Å². The lowest BCUT2D eigenvalue weighted by molar-refractivity contribution is 0.0596. The average Bonchev–Trinajstić information content (AvgIpc) is 2.20. The number of ether oxygens (including phenoxy) is 1. The number of phenolic OH excluding ortho intramolecular Hbond substituents is 1. The lowest BCUT2D eigenvalue weighted by Gasteiger charge is -2.09. The van der Waals surface area contributed by atoms with Gasteiger partial charge in [0, 0.05) is 0 Å². The van der Waals surface area contributed by atoms with Crippen molar-refractivity contribution in [3.8, 4) is 5.75 Å². The number of hydrogen-bond donors (Lipinski definition) is 1. The van der Waals surface area contributed by atoms with Gasteiger partial charge in [0.2, 0.25) is 0 Å². The van der Waals surface area contributed by atoms with Crippen molar-refractivity contribution in [2.45, 2.75) is 20.3 Å². The summed E-state index contributed by atoms with van der Waals surface area (Å²) in [4.78, 5) is 11.4. The molecule has 14 heavy (non-hydrogen) atoms. The second-order valence-corrected chi connectivity index (χ2v) is 3.11. The minimum Gasteiger partial charge on any atom is -0.507 e. The van der Waals surface area contributed by atoms with Gasteiger partial charge >= 0.3 is 5.97 Å². The molecule has 0 amide bonds. The molecule has 0 radical (unpaired) electrons. The van der Waals surface area contributed by atoms with E-state index in [4.69, 9.17) is 0 Å². The highest BCUT2D eigenvalue weighted by molar-refractivity contribution is 5.94. The maximum absolute atomic E-state index is 11.4. The van der Waals surface area contributed by atoms with Gasteiger partial charge in [-0.2, -0.15) is 0 Å². The normalized spacial score (nSPS) is 9.93. The summed E-state index contributed by atoms with van der Waals surface area (Å²) in [6.07, 6.45) is 0.693. The van der Waals surface area contributed by atoms with E-state index < -0.39 is 5.97 Å². The molecule has 3 nitrogen and oxygen atoms in total. The number of rotatable bonds is 2. The highest BCUT2D eigenvalue weighted by Crippen LogP contribution is 2.26. The third-order valence-electron chi connectivity index (χ3n) is 2.24. The molecule has 76 valence electrons. The third-order valence-corrected chi connectivity index (χ3v) is 2.24. The van der Waals surface area contributed by atoms with Crippen LogP contribution in [0.1, 0.15) is 28.4 Å². The van der Waals surface area contributed by atoms with Gasteiger partial charge in [0.1, 0.15) is 11.3 Å².